The maximum atomic E-state index is 12.0. The summed E-state index contributed by atoms with van der Waals surface area (Å²) in [7, 11) is 0. The van der Waals surface area contributed by atoms with Crippen LogP contribution in [0, 0.1) is 0 Å². The molecule has 1 aromatic heterocycles. The lowest BCUT2D eigenvalue weighted by molar-refractivity contribution is -0.735. The van der Waals surface area contributed by atoms with Gasteiger partial charge in [0.05, 0.1) is 6.54 Å². The Labute approximate surface area is 92.6 Å². The minimum absolute atomic E-state index is 0.0434. The van der Waals surface area contributed by atoms with Crippen molar-refractivity contribution in [3.05, 3.63) is 15.9 Å². The molecule has 0 aliphatic carbocycles. The molecular weight excluding hydrogens is 212 g/mol. The van der Waals surface area contributed by atoms with Crippen molar-refractivity contribution in [3.63, 3.8) is 0 Å². The van der Waals surface area contributed by atoms with Gasteiger partial charge in [0, 0.05) is 5.75 Å². The van der Waals surface area contributed by atoms with E-state index >= 15 is 0 Å². The molecule has 0 saturated heterocycles. The second kappa shape index (κ2) is 3.89. The van der Waals surface area contributed by atoms with Crippen molar-refractivity contribution in [3.8, 4) is 5.88 Å². The molecule has 15 heavy (non-hydrogen) atoms. The summed E-state index contributed by atoms with van der Waals surface area (Å²) in [5.41, 5.74) is 0.487. The number of aromatic nitrogens is 2. The lowest BCUT2D eigenvalue weighted by Crippen LogP contribution is -2.42. The van der Waals surface area contributed by atoms with Gasteiger partial charge in [-0.1, -0.05) is 6.92 Å². The van der Waals surface area contributed by atoms with Crippen molar-refractivity contribution in [2.24, 2.45) is 0 Å². The summed E-state index contributed by atoms with van der Waals surface area (Å²) in [5, 5.41) is 10.8. The van der Waals surface area contributed by atoms with Crippen molar-refractivity contribution >= 4 is 11.8 Å². The van der Waals surface area contributed by atoms with E-state index in [9.17, 15) is 9.90 Å². The molecule has 1 aliphatic heterocycles. The Balaban J connectivity index is 2.78. The van der Waals surface area contributed by atoms with Crippen LogP contribution in [0.1, 0.15) is 19.4 Å². The Morgan fingerprint density at radius 3 is 2.87 bits per heavy atom. The molecule has 0 atom stereocenters. The standard InChI is InChI=1S/C10H14N2O2S/c1-3-7-8(13)11(4-2)10-12(9(7)14)5-6-15-10/h3-6H2,1-2H3/p+1. The molecule has 0 fully saturated rings. The van der Waals surface area contributed by atoms with Gasteiger partial charge in [-0.2, -0.15) is 9.13 Å². The van der Waals surface area contributed by atoms with E-state index in [0.29, 0.717) is 18.5 Å². The van der Waals surface area contributed by atoms with Crippen LogP contribution >= 0.6 is 11.8 Å². The van der Waals surface area contributed by atoms with Crippen molar-refractivity contribution in [2.75, 3.05) is 5.75 Å². The van der Waals surface area contributed by atoms with E-state index in [0.717, 1.165) is 17.5 Å². The normalized spacial score (nSPS) is 14.3. The van der Waals surface area contributed by atoms with Gasteiger partial charge in [0.25, 0.3) is 5.88 Å². The molecule has 5 heteroatoms. The molecule has 1 aromatic rings. The van der Waals surface area contributed by atoms with Gasteiger partial charge in [-0.15, -0.1) is 0 Å². The van der Waals surface area contributed by atoms with E-state index < -0.39 is 0 Å². The molecule has 0 aromatic carbocycles. The van der Waals surface area contributed by atoms with Crippen LogP contribution in [-0.2, 0) is 19.5 Å². The van der Waals surface area contributed by atoms with E-state index in [4.69, 9.17) is 0 Å². The number of hydrogen-bond donors (Lipinski definition) is 1. The van der Waals surface area contributed by atoms with Crippen LogP contribution in [0.2, 0.25) is 0 Å². The maximum Gasteiger partial charge on any atom is 0.345 e. The summed E-state index contributed by atoms with van der Waals surface area (Å²) in [6.45, 7) is 5.30. The zero-order valence-electron chi connectivity index (χ0n) is 8.99. The van der Waals surface area contributed by atoms with Crippen molar-refractivity contribution < 1.29 is 9.67 Å². The first-order valence-corrected chi connectivity index (χ1v) is 6.20. The molecule has 0 saturated carbocycles. The number of rotatable bonds is 2. The smallest absolute Gasteiger partial charge is 0.345 e. The maximum absolute atomic E-state index is 12.0. The zero-order chi connectivity index (χ0) is 11.0. The molecule has 1 N–H and O–H groups in total. The lowest BCUT2D eigenvalue weighted by Gasteiger charge is -2.06. The molecule has 2 rings (SSSR count). The van der Waals surface area contributed by atoms with E-state index in [2.05, 4.69) is 0 Å². The largest absolute Gasteiger partial charge is 0.477 e. The predicted molar refractivity (Wildman–Crippen MR) is 58.3 cm³/mol. The average Bonchev–Trinajstić information content (AvgIpc) is 2.68. The number of fused-ring (bicyclic) bond motifs is 1. The Hall–Kier alpha value is -0.970. The fourth-order valence-corrected chi connectivity index (χ4v) is 3.08. The highest BCUT2D eigenvalue weighted by atomic mass is 32.2. The number of aromatic hydroxyl groups is 1. The second-order valence-corrected chi connectivity index (χ2v) is 4.55. The fraction of sp³-hybridized carbons (Fsp3) is 0.600. The first kappa shape index (κ1) is 10.5. The van der Waals surface area contributed by atoms with Gasteiger partial charge in [-0.05, 0) is 25.1 Å². The van der Waals surface area contributed by atoms with Crippen molar-refractivity contribution in [1.29, 1.82) is 0 Å². The molecule has 1 aliphatic rings. The highest BCUT2D eigenvalue weighted by Crippen LogP contribution is 2.22. The molecule has 82 valence electrons. The van der Waals surface area contributed by atoms with Crippen LogP contribution in [0.5, 0.6) is 5.88 Å². The average molecular weight is 227 g/mol. The van der Waals surface area contributed by atoms with Crippen LogP contribution in [0.4, 0.5) is 0 Å². The first-order valence-electron chi connectivity index (χ1n) is 5.22. The zero-order valence-corrected chi connectivity index (χ0v) is 9.80. The molecular formula is C10H15N2O2S+. The third-order valence-corrected chi connectivity index (χ3v) is 3.79. The van der Waals surface area contributed by atoms with Crippen LogP contribution < -0.4 is 10.1 Å². The monoisotopic (exact) mass is 227 g/mol. The summed E-state index contributed by atoms with van der Waals surface area (Å²) in [6.07, 6.45) is 0.579. The minimum atomic E-state index is -0.0434. The summed E-state index contributed by atoms with van der Waals surface area (Å²) in [4.78, 5) is 12.0. The van der Waals surface area contributed by atoms with Crippen molar-refractivity contribution in [1.82, 2.24) is 4.57 Å². The molecule has 0 unspecified atom stereocenters. The van der Waals surface area contributed by atoms with Crippen LogP contribution in [0.3, 0.4) is 0 Å². The first-order chi connectivity index (χ1) is 7.20. The van der Waals surface area contributed by atoms with Gasteiger partial charge in [0.15, 0.2) is 0 Å². The Kier molecular flexibility index (Phi) is 2.73. The molecule has 4 nitrogen and oxygen atoms in total. The molecule has 0 amide bonds. The van der Waals surface area contributed by atoms with Gasteiger partial charge in [0.2, 0.25) is 0 Å². The predicted octanol–water partition coefficient (Wildman–Crippen LogP) is 0.529. The van der Waals surface area contributed by atoms with E-state index in [-0.39, 0.29) is 11.4 Å². The van der Waals surface area contributed by atoms with Gasteiger partial charge >= 0.3 is 10.7 Å². The molecule has 0 spiro atoms. The fourth-order valence-electron chi connectivity index (χ4n) is 1.92. The van der Waals surface area contributed by atoms with Crippen LogP contribution in [-0.4, -0.2) is 15.4 Å². The van der Waals surface area contributed by atoms with Gasteiger partial charge in [-0.25, -0.2) is 4.79 Å². The molecule has 2 heterocycles. The third-order valence-electron chi connectivity index (χ3n) is 2.71. The van der Waals surface area contributed by atoms with Gasteiger partial charge in [0.1, 0.15) is 12.1 Å². The Bertz CT molecular complexity index is 454. The Morgan fingerprint density at radius 2 is 2.27 bits per heavy atom. The number of nitrogens with zero attached hydrogens (tertiary/aromatic N) is 2. The summed E-state index contributed by atoms with van der Waals surface area (Å²) < 4.78 is 3.59. The van der Waals surface area contributed by atoms with Crippen LogP contribution in [0.15, 0.2) is 9.95 Å². The van der Waals surface area contributed by atoms with Crippen molar-refractivity contribution in [2.45, 2.75) is 38.5 Å². The van der Waals surface area contributed by atoms with E-state index in [1.165, 1.54) is 0 Å². The number of hydrogen-bond acceptors (Lipinski definition) is 3. The minimum Gasteiger partial charge on any atom is -0.477 e. The van der Waals surface area contributed by atoms with E-state index in [1.807, 2.05) is 18.4 Å². The lowest BCUT2D eigenvalue weighted by atomic mass is 10.2. The highest BCUT2D eigenvalue weighted by molar-refractivity contribution is 7.99. The molecule has 0 bridgehead atoms. The van der Waals surface area contributed by atoms with E-state index in [1.54, 1.807) is 16.3 Å². The summed E-state index contributed by atoms with van der Waals surface area (Å²) in [6, 6.07) is 0. The topological polar surface area (TPSA) is 46.1 Å². The SMILES string of the molecule is CCc1c(O)[n+]2c(n(CC)c1=O)SCC2. The summed E-state index contributed by atoms with van der Waals surface area (Å²) in [5.74, 6) is 1.09. The number of thioether (sulfide) groups is 1. The Morgan fingerprint density at radius 1 is 1.53 bits per heavy atom. The van der Waals surface area contributed by atoms with Gasteiger partial charge in [-0.3, -0.25) is 0 Å². The molecule has 0 radical (unpaired) electrons. The third kappa shape index (κ3) is 1.45. The van der Waals surface area contributed by atoms with Gasteiger partial charge < -0.3 is 5.11 Å². The highest BCUT2D eigenvalue weighted by Gasteiger charge is 2.30. The summed E-state index contributed by atoms with van der Waals surface area (Å²) >= 11 is 1.63. The second-order valence-electron chi connectivity index (χ2n) is 3.49. The quantitative estimate of drug-likeness (QED) is 0.592. The van der Waals surface area contributed by atoms with Crippen LogP contribution in [0.25, 0.3) is 0 Å².